The number of hydrogen-bond acceptors (Lipinski definition) is 5. The second-order valence-electron chi connectivity index (χ2n) is 5.77. The topological polar surface area (TPSA) is 60.2 Å². The number of ether oxygens (including phenoxy) is 1. The molecule has 2 unspecified atom stereocenters. The molecule has 0 saturated heterocycles. The van der Waals surface area contributed by atoms with Crippen molar-refractivity contribution in [1.82, 2.24) is 15.5 Å². The largest absolute Gasteiger partial charge is 0.370 e. The van der Waals surface area contributed by atoms with Crippen molar-refractivity contribution in [3.63, 3.8) is 0 Å². The predicted octanol–water partition coefficient (Wildman–Crippen LogP) is 2.98. The van der Waals surface area contributed by atoms with Crippen molar-refractivity contribution in [3.05, 3.63) is 11.7 Å². The van der Waals surface area contributed by atoms with Gasteiger partial charge in [0.1, 0.15) is 5.60 Å². The highest BCUT2D eigenvalue weighted by Gasteiger charge is 2.43. The Labute approximate surface area is 121 Å². The molecule has 5 heteroatoms. The molecule has 0 aliphatic heterocycles. The van der Waals surface area contributed by atoms with Gasteiger partial charge in [-0.3, -0.25) is 0 Å². The van der Waals surface area contributed by atoms with Gasteiger partial charge in [-0.2, -0.15) is 4.98 Å². The van der Waals surface area contributed by atoms with E-state index in [-0.39, 0.29) is 11.5 Å². The molecule has 1 N–H and O–H groups in total. The van der Waals surface area contributed by atoms with E-state index in [9.17, 15) is 0 Å². The number of methoxy groups -OCH3 is 1. The van der Waals surface area contributed by atoms with Crippen LogP contribution in [0.5, 0.6) is 0 Å². The molecule has 114 valence electrons. The lowest BCUT2D eigenvalue weighted by atomic mass is 9.79. The Hall–Kier alpha value is -0.940. The Kier molecular flexibility index (Phi) is 5.16. The van der Waals surface area contributed by atoms with Crippen molar-refractivity contribution in [2.75, 3.05) is 13.7 Å². The Balaban J connectivity index is 2.09. The average Bonchev–Trinajstić information content (AvgIpc) is 2.86. The van der Waals surface area contributed by atoms with Gasteiger partial charge in [-0.25, -0.2) is 0 Å². The second-order valence-corrected chi connectivity index (χ2v) is 5.77. The first-order valence-corrected chi connectivity index (χ1v) is 7.79. The van der Waals surface area contributed by atoms with Crippen LogP contribution in [0.15, 0.2) is 4.52 Å². The van der Waals surface area contributed by atoms with Gasteiger partial charge in [0.15, 0.2) is 0 Å². The zero-order chi connectivity index (χ0) is 14.6. The highest BCUT2D eigenvalue weighted by Crippen LogP contribution is 2.43. The molecule has 1 aliphatic carbocycles. The first-order chi connectivity index (χ1) is 9.66. The molecule has 2 rings (SSSR count). The van der Waals surface area contributed by atoms with E-state index in [1.807, 2.05) is 0 Å². The third-order valence-corrected chi connectivity index (χ3v) is 4.48. The molecule has 5 nitrogen and oxygen atoms in total. The molecule has 0 radical (unpaired) electrons. The van der Waals surface area contributed by atoms with Gasteiger partial charge >= 0.3 is 0 Å². The van der Waals surface area contributed by atoms with Crippen LogP contribution in [0.3, 0.4) is 0 Å². The monoisotopic (exact) mass is 281 g/mol. The molecule has 2 atom stereocenters. The number of nitrogens with zero attached hydrogens (tertiary/aromatic N) is 2. The summed E-state index contributed by atoms with van der Waals surface area (Å²) < 4.78 is 11.1. The fourth-order valence-corrected chi connectivity index (χ4v) is 2.84. The molecular formula is C15H27N3O2. The number of hydrogen-bond donors (Lipinski definition) is 1. The van der Waals surface area contributed by atoms with E-state index in [2.05, 4.69) is 36.2 Å². The van der Waals surface area contributed by atoms with Crippen LogP contribution < -0.4 is 5.32 Å². The van der Waals surface area contributed by atoms with Crippen molar-refractivity contribution in [2.24, 2.45) is 0 Å². The molecule has 1 aliphatic rings. The molecule has 0 amide bonds. The standard InChI is InChI=1S/C15H27N3O2/c1-5-10-16-11(3)12(6-2)13-17-14(18-20-13)15(19-4)8-7-9-15/h11-12,16H,5-10H2,1-4H3. The second kappa shape index (κ2) is 6.68. The van der Waals surface area contributed by atoms with Gasteiger partial charge in [0.25, 0.3) is 0 Å². The summed E-state index contributed by atoms with van der Waals surface area (Å²) in [7, 11) is 1.73. The average molecular weight is 281 g/mol. The van der Waals surface area contributed by atoms with Gasteiger partial charge < -0.3 is 14.6 Å². The molecule has 0 bridgehead atoms. The first-order valence-electron chi connectivity index (χ1n) is 7.79. The highest BCUT2D eigenvalue weighted by molar-refractivity contribution is 5.08. The van der Waals surface area contributed by atoms with E-state index in [4.69, 9.17) is 9.26 Å². The van der Waals surface area contributed by atoms with Gasteiger partial charge in [-0.15, -0.1) is 0 Å². The smallest absolute Gasteiger partial charge is 0.231 e. The number of nitrogens with one attached hydrogen (secondary N) is 1. The lowest BCUT2D eigenvalue weighted by Gasteiger charge is -2.37. The minimum Gasteiger partial charge on any atom is -0.370 e. The van der Waals surface area contributed by atoms with E-state index < -0.39 is 0 Å². The van der Waals surface area contributed by atoms with Crippen LogP contribution in [-0.4, -0.2) is 29.8 Å². The van der Waals surface area contributed by atoms with Crippen LogP contribution in [0.4, 0.5) is 0 Å². The van der Waals surface area contributed by atoms with E-state index in [1.165, 1.54) is 6.42 Å². The van der Waals surface area contributed by atoms with E-state index in [0.29, 0.717) is 6.04 Å². The Bertz CT molecular complexity index is 409. The van der Waals surface area contributed by atoms with Crippen LogP contribution in [0.25, 0.3) is 0 Å². The third-order valence-electron chi connectivity index (χ3n) is 4.48. The molecular weight excluding hydrogens is 254 g/mol. The summed E-state index contributed by atoms with van der Waals surface area (Å²) >= 11 is 0. The van der Waals surface area contributed by atoms with Gasteiger partial charge in [0.05, 0.1) is 5.92 Å². The van der Waals surface area contributed by atoms with Crippen molar-refractivity contribution in [2.45, 2.75) is 70.4 Å². The van der Waals surface area contributed by atoms with Gasteiger partial charge in [-0.1, -0.05) is 19.0 Å². The van der Waals surface area contributed by atoms with Crippen LogP contribution in [-0.2, 0) is 10.3 Å². The van der Waals surface area contributed by atoms with Crippen LogP contribution >= 0.6 is 0 Å². The SMILES string of the molecule is CCCNC(C)C(CC)c1nc(C2(OC)CCC2)no1. The van der Waals surface area contributed by atoms with Crippen LogP contribution in [0.2, 0.25) is 0 Å². The summed E-state index contributed by atoms with van der Waals surface area (Å²) in [5.41, 5.74) is -0.292. The van der Waals surface area contributed by atoms with Crippen LogP contribution in [0.1, 0.15) is 70.5 Å². The Morgan fingerprint density at radius 2 is 2.15 bits per heavy atom. The van der Waals surface area contributed by atoms with Gasteiger partial charge in [0, 0.05) is 13.2 Å². The fourth-order valence-electron chi connectivity index (χ4n) is 2.84. The van der Waals surface area contributed by atoms with E-state index >= 15 is 0 Å². The minimum absolute atomic E-state index is 0.261. The maximum atomic E-state index is 5.61. The summed E-state index contributed by atoms with van der Waals surface area (Å²) in [4.78, 5) is 4.63. The van der Waals surface area contributed by atoms with Crippen LogP contribution in [0, 0.1) is 0 Å². The van der Waals surface area contributed by atoms with Crippen molar-refractivity contribution >= 4 is 0 Å². The van der Waals surface area contributed by atoms with Gasteiger partial charge in [-0.05, 0) is 45.6 Å². The van der Waals surface area contributed by atoms with Crippen molar-refractivity contribution < 1.29 is 9.26 Å². The molecule has 1 saturated carbocycles. The normalized spacial score (nSPS) is 20.4. The number of aromatic nitrogens is 2. The number of rotatable bonds is 8. The predicted molar refractivity (Wildman–Crippen MR) is 77.6 cm³/mol. The zero-order valence-corrected chi connectivity index (χ0v) is 13.1. The molecule has 1 fully saturated rings. The highest BCUT2D eigenvalue weighted by atomic mass is 16.5. The Morgan fingerprint density at radius 3 is 2.65 bits per heavy atom. The quantitative estimate of drug-likeness (QED) is 0.793. The summed E-state index contributed by atoms with van der Waals surface area (Å²) in [5, 5.41) is 7.69. The lowest BCUT2D eigenvalue weighted by Crippen LogP contribution is -2.37. The zero-order valence-electron chi connectivity index (χ0n) is 13.1. The summed E-state index contributed by atoms with van der Waals surface area (Å²) in [5.74, 6) is 1.72. The first kappa shape index (κ1) is 15.4. The molecule has 1 heterocycles. The molecule has 1 aromatic rings. The van der Waals surface area contributed by atoms with Crippen molar-refractivity contribution in [1.29, 1.82) is 0 Å². The molecule has 1 aromatic heterocycles. The van der Waals surface area contributed by atoms with Gasteiger partial charge in [0.2, 0.25) is 11.7 Å². The van der Waals surface area contributed by atoms with E-state index in [0.717, 1.165) is 43.9 Å². The maximum absolute atomic E-state index is 5.61. The Morgan fingerprint density at radius 1 is 1.40 bits per heavy atom. The van der Waals surface area contributed by atoms with E-state index in [1.54, 1.807) is 7.11 Å². The molecule has 0 aromatic carbocycles. The lowest BCUT2D eigenvalue weighted by molar-refractivity contribution is -0.0858. The third kappa shape index (κ3) is 2.88. The van der Waals surface area contributed by atoms with Crippen molar-refractivity contribution in [3.8, 4) is 0 Å². The maximum Gasteiger partial charge on any atom is 0.231 e. The minimum atomic E-state index is -0.292. The summed E-state index contributed by atoms with van der Waals surface area (Å²) in [6.07, 6.45) is 5.26. The fraction of sp³-hybridized carbons (Fsp3) is 0.867. The summed E-state index contributed by atoms with van der Waals surface area (Å²) in [6, 6.07) is 0.341. The molecule has 0 spiro atoms. The summed E-state index contributed by atoms with van der Waals surface area (Å²) in [6.45, 7) is 7.53. The molecule has 20 heavy (non-hydrogen) atoms.